The molecule has 0 heterocycles. The zero-order valence-corrected chi connectivity index (χ0v) is 10.7. The van der Waals surface area contributed by atoms with Gasteiger partial charge in [0.05, 0.1) is 6.61 Å². The Kier molecular flexibility index (Phi) is 7.15. The Hall–Kier alpha value is 0.500. The summed E-state index contributed by atoms with van der Waals surface area (Å²) >= 11 is 1.45. The molecular weight excluding hydrogens is 205 g/mol. The van der Waals surface area contributed by atoms with Crippen molar-refractivity contribution in [2.75, 3.05) is 39.7 Å². The van der Waals surface area contributed by atoms with E-state index in [0.717, 1.165) is 18.7 Å². The van der Waals surface area contributed by atoms with Crippen molar-refractivity contribution in [2.24, 2.45) is 0 Å². The predicted molar refractivity (Wildman–Crippen MR) is 60.8 cm³/mol. The van der Waals surface area contributed by atoms with Crippen molar-refractivity contribution in [2.45, 2.75) is 13.3 Å². The minimum atomic E-state index is -2.35. The summed E-state index contributed by atoms with van der Waals surface area (Å²) in [4.78, 5) is 2.13. The van der Waals surface area contributed by atoms with Gasteiger partial charge >= 0.3 is 0 Å². The summed E-state index contributed by atoms with van der Waals surface area (Å²) in [6.45, 7) is 2.79. The second-order valence-electron chi connectivity index (χ2n) is 3.18. The third-order valence-electron chi connectivity index (χ3n) is 1.44. The summed E-state index contributed by atoms with van der Waals surface area (Å²) in [6.07, 6.45) is 1.06. The number of rotatable bonds is 7. The molecule has 0 aromatic rings. The van der Waals surface area contributed by atoms with Crippen molar-refractivity contribution >= 4 is 18.0 Å². The monoisotopic (exact) mass is 225 g/mol. The van der Waals surface area contributed by atoms with Gasteiger partial charge in [-0.3, -0.25) is 4.57 Å². The van der Waals surface area contributed by atoms with Crippen LogP contribution in [0, 0.1) is 0 Å². The first kappa shape index (κ1) is 13.5. The molecule has 0 radical (unpaired) electrons. The van der Waals surface area contributed by atoms with Crippen LogP contribution in [-0.2, 0) is 9.09 Å². The Balaban J connectivity index is 3.46. The van der Waals surface area contributed by atoms with Gasteiger partial charge < -0.3 is 9.42 Å². The molecule has 0 spiro atoms. The van der Waals surface area contributed by atoms with Gasteiger partial charge in [0.1, 0.15) is 0 Å². The lowest BCUT2D eigenvalue weighted by Gasteiger charge is -2.12. The predicted octanol–water partition coefficient (Wildman–Crippen LogP) is 2.53. The van der Waals surface area contributed by atoms with E-state index in [1.54, 1.807) is 6.66 Å². The molecule has 80 valence electrons. The van der Waals surface area contributed by atoms with E-state index < -0.39 is 6.57 Å². The molecular formula is C8H20NO2PS. The van der Waals surface area contributed by atoms with Gasteiger partial charge in [-0.05, 0) is 34.0 Å². The molecule has 13 heavy (non-hydrogen) atoms. The largest absolute Gasteiger partial charge is 0.322 e. The first-order valence-electron chi connectivity index (χ1n) is 4.49. The minimum absolute atomic E-state index is 0.536. The third kappa shape index (κ3) is 8.82. The Morgan fingerprint density at radius 1 is 1.46 bits per heavy atom. The molecule has 0 bridgehead atoms. The van der Waals surface area contributed by atoms with Crippen LogP contribution in [0.3, 0.4) is 0 Å². The fourth-order valence-corrected chi connectivity index (χ4v) is 3.94. The minimum Gasteiger partial charge on any atom is -0.322 e. The van der Waals surface area contributed by atoms with Crippen molar-refractivity contribution in [1.29, 1.82) is 0 Å². The molecule has 0 fully saturated rings. The summed E-state index contributed by atoms with van der Waals surface area (Å²) in [7, 11) is 4.08. The van der Waals surface area contributed by atoms with Crippen LogP contribution in [0.2, 0.25) is 0 Å². The molecule has 0 aliphatic heterocycles. The van der Waals surface area contributed by atoms with Crippen LogP contribution in [0.15, 0.2) is 0 Å². The molecule has 0 aliphatic carbocycles. The number of nitrogens with zero attached hydrogens (tertiary/aromatic N) is 1. The molecule has 0 amide bonds. The van der Waals surface area contributed by atoms with Crippen LogP contribution >= 0.6 is 18.0 Å². The fraction of sp³-hybridized carbons (Fsp3) is 1.00. The normalized spacial score (nSPS) is 16.1. The van der Waals surface area contributed by atoms with Gasteiger partial charge in [-0.25, -0.2) is 0 Å². The first-order chi connectivity index (χ1) is 5.98. The maximum absolute atomic E-state index is 11.6. The van der Waals surface area contributed by atoms with Crippen LogP contribution in [0.5, 0.6) is 0 Å². The topological polar surface area (TPSA) is 29.5 Å². The summed E-state index contributed by atoms with van der Waals surface area (Å²) in [5.74, 6) is 0.909. The second-order valence-corrected chi connectivity index (χ2v) is 8.41. The van der Waals surface area contributed by atoms with Gasteiger partial charge in [0.15, 0.2) is 0 Å². The van der Waals surface area contributed by atoms with Crippen molar-refractivity contribution in [3.63, 3.8) is 0 Å². The van der Waals surface area contributed by atoms with Crippen LogP contribution in [0.1, 0.15) is 13.3 Å². The highest BCUT2D eigenvalue weighted by molar-refractivity contribution is 8.56. The molecule has 0 saturated carbocycles. The Morgan fingerprint density at radius 2 is 2.08 bits per heavy atom. The highest BCUT2D eigenvalue weighted by atomic mass is 32.7. The average molecular weight is 225 g/mol. The van der Waals surface area contributed by atoms with Gasteiger partial charge in [0.25, 0.3) is 6.57 Å². The van der Waals surface area contributed by atoms with Crippen LogP contribution in [-0.4, -0.2) is 44.6 Å². The van der Waals surface area contributed by atoms with E-state index >= 15 is 0 Å². The van der Waals surface area contributed by atoms with E-state index in [1.165, 1.54) is 11.4 Å². The molecule has 0 saturated heterocycles. The Labute approximate surface area is 85.4 Å². The Morgan fingerprint density at radius 3 is 2.54 bits per heavy atom. The quantitative estimate of drug-likeness (QED) is 0.492. The van der Waals surface area contributed by atoms with E-state index in [4.69, 9.17) is 4.52 Å². The molecule has 3 nitrogen and oxygen atoms in total. The van der Waals surface area contributed by atoms with Gasteiger partial charge in [0.2, 0.25) is 0 Å². The highest BCUT2D eigenvalue weighted by Crippen LogP contribution is 2.56. The molecule has 0 aliphatic rings. The van der Waals surface area contributed by atoms with E-state index in [0.29, 0.717) is 6.61 Å². The lowest BCUT2D eigenvalue weighted by molar-refractivity contribution is 0.349. The first-order valence-corrected chi connectivity index (χ1v) is 8.15. The lowest BCUT2D eigenvalue weighted by Crippen LogP contribution is -2.13. The van der Waals surface area contributed by atoms with Gasteiger partial charge in [-0.1, -0.05) is 11.4 Å². The molecule has 5 heteroatoms. The van der Waals surface area contributed by atoms with Crippen molar-refractivity contribution in [3.05, 3.63) is 0 Å². The number of hydrogen-bond donors (Lipinski definition) is 0. The fourth-order valence-electron chi connectivity index (χ4n) is 0.883. The smallest absolute Gasteiger partial charge is 0.254 e. The van der Waals surface area contributed by atoms with Crippen molar-refractivity contribution in [1.82, 2.24) is 4.90 Å². The molecule has 0 N–H and O–H groups in total. The van der Waals surface area contributed by atoms with Gasteiger partial charge in [-0.15, -0.1) is 0 Å². The van der Waals surface area contributed by atoms with E-state index in [9.17, 15) is 4.57 Å². The standard InChI is InChI=1S/C8H20NO2PS/c1-5-11-12(4,10)13-8-6-7-9(2)3/h5-8H2,1-4H3. The van der Waals surface area contributed by atoms with Crippen LogP contribution < -0.4 is 0 Å². The zero-order chi connectivity index (χ0) is 10.3. The second kappa shape index (κ2) is 6.88. The van der Waals surface area contributed by atoms with Crippen LogP contribution in [0.25, 0.3) is 0 Å². The average Bonchev–Trinajstić information content (AvgIpc) is 1.98. The van der Waals surface area contributed by atoms with Gasteiger partial charge in [-0.2, -0.15) is 0 Å². The maximum Gasteiger partial charge on any atom is 0.254 e. The van der Waals surface area contributed by atoms with Crippen molar-refractivity contribution in [3.8, 4) is 0 Å². The highest BCUT2D eigenvalue weighted by Gasteiger charge is 2.14. The zero-order valence-electron chi connectivity index (χ0n) is 8.95. The third-order valence-corrected chi connectivity index (χ3v) is 5.38. The van der Waals surface area contributed by atoms with Crippen molar-refractivity contribution < 1.29 is 9.09 Å². The van der Waals surface area contributed by atoms with E-state index in [2.05, 4.69) is 4.90 Å². The van der Waals surface area contributed by atoms with Gasteiger partial charge in [0, 0.05) is 12.4 Å². The summed E-state index contributed by atoms with van der Waals surface area (Å²) < 4.78 is 16.7. The van der Waals surface area contributed by atoms with E-state index in [1.807, 2.05) is 21.0 Å². The van der Waals surface area contributed by atoms with Crippen LogP contribution in [0.4, 0.5) is 0 Å². The Bertz CT molecular complexity index is 176. The molecule has 0 aromatic heterocycles. The van der Waals surface area contributed by atoms with E-state index in [-0.39, 0.29) is 0 Å². The lowest BCUT2D eigenvalue weighted by atomic mass is 10.5. The summed E-state index contributed by atoms with van der Waals surface area (Å²) in [5, 5.41) is 0. The molecule has 0 rings (SSSR count). The SMILES string of the molecule is CCOP(C)(=O)SCCCN(C)C. The summed E-state index contributed by atoms with van der Waals surface area (Å²) in [6, 6.07) is 0. The molecule has 0 aromatic carbocycles. The molecule has 1 atom stereocenters. The maximum atomic E-state index is 11.6. The molecule has 1 unspecified atom stereocenters. The summed E-state index contributed by atoms with van der Waals surface area (Å²) in [5.41, 5.74) is 0. The number of hydrogen-bond acceptors (Lipinski definition) is 4.